The molecule has 0 radical (unpaired) electrons. The Kier molecular flexibility index (Phi) is 8.87. The molecule has 13 nitrogen and oxygen atoms in total. The van der Waals surface area contributed by atoms with Gasteiger partial charge in [-0.1, -0.05) is 24.3 Å². The van der Waals surface area contributed by atoms with E-state index in [1.807, 2.05) is 29.2 Å². The summed E-state index contributed by atoms with van der Waals surface area (Å²) in [7, 11) is 0. The van der Waals surface area contributed by atoms with E-state index >= 15 is 0 Å². The molecule has 3 aliphatic heterocycles. The minimum absolute atomic E-state index is 0.00491. The predicted molar refractivity (Wildman–Crippen MR) is 169 cm³/mol. The second-order valence-corrected chi connectivity index (χ2v) is 12.8. The van der Waals surface area contributed by atoms with Crippen LogP contribution >= 0.6 is 0 Å². The molecule has 2 fully saturated rings. The molecule has 1 unspecified atom stereocenters. The van der Waals surface area contributed by atoms with E-state index in [9.17, 15) is 19.2 Å². The van der Waals surface area contributed by atoms with Crippen molar-refractivity contribution >= 4 is 35.2 Å². The van der Waals surface area contributed by atoms with E-state index in [4.69, 9.17) is 9.47 Å². The first-order valence-corrected chi connectivity index (χ1v) is 15.7. The third kappa shape index (κ3) is 6.95. The number of likely N-dealkylation sites (tertiary alicyclic amines) is 1. The quantitative estimate of drug-likeness (QED) is 0.413. The number of azo groups is 1. The van der Waals surface area contributed by atoms with E-state index in [-0.39, 0.29) is 24.0 Å². The summed E-state index contributed by atoms with van der Waals surface area (Å²) in [6.45, 7) is 8.76. The standard InChI is InChI=1S/C33H39N7O6/c1-33(2,3)46-32(44)34-22-9-7-20(8-10-22)19-25(41)39-13-11-21(12-14-39)28-27-29(37-36-28)23-5-4-6-24(26(23)30(27)42)35-31(43)38-40-15-17-45-18-16-40/h4-10,21,29H,11-19H2,1-3H3,(H,34,44)(H2,35,38,43). The van der Waals surface area contributed by atoms with Crippen molar-refractivity contribution in [2.45, 2.75) is 51.7 Å². The highest BCUT2D eigenvalue weighted by atomic mass is 16.6. The van der Waals surface area contributed by atoms with E-state index in [2.05, 4.69) is 26.3 Å². The summed E-state index contributed by atoms with van der Waals surface area (Å²) in [6.07, 6.45) is 1.06. The Hall–Kier alpha value is -4.62. The summed E-state index contributed by atoms with van der Waals surface area (Å²) in [4.78, 5) is 53.5. The Morgan fingerprint density at radius 3 is 2.39 bits per heavy atom. The number of ketones is 1. The van der Waals surface area contributed by atoms with Crippen LogP contribution in [0.1, 0.15) is 61.1 Å². The van der Waals surface area contributed by atoms with Gasteiger partial charge in [0, 0.05) is 37.8 Å². The van der Waals surface area contributed by atoms with Gasteiger partial charge in [-0.05, 0) is 62.9 Å². The number of carbonyl (C=O) groups excluding carboxylic acids is 4. The van der Waals surface area contributed by atoms with Crippen LogP contribution in [0.5, 0.6) is 0 Å². The SMILES string of the molecule is CC(C)(C)OC(=O)Nc1ccc(CC(=O)N2CCC(C3=C4C(=O)c5c(NC(=O)NN6CCOCC6)cccc5C4N=N3)CC2)cc1. The maximum absolute atomic E-state index is 13.8. The lowest BCUT2D eigenvalue weighted by atomic mass is 9.89. The van der Waals surface area contributed by atoms with Crippen molar-refractivity contribution in [1.82, 2.24) is 15.3 Å². The molecule has 0 saturated carbocycles. The van der Waals surface area contributed by atoms with Crippen molar-refractivity contribution in [2.75, 3.05) is 50.0 Å². The summed E-state index contributed by atoms with van der Waals surface area (Å²) < 4.78 is 10.6. The fourth-order valence-corrected chi connectivity index (χ4v) is 6.21. The number of morpholine rings is 1. The number of piperidine rings is 1. The number of allylic oxidation sites excluding steroid dienone is 1. The molecule has 2 aromatic carbocycles. The average Bonchev–Trinajstić information content (AvgIpc) is 3.58. The largest absolute Gasteiger partial charge is 0.444 e. The number of nitrogens with one attached hydrogen (secondary N) is 3. The van der Waals surface area contributed by atoms with Gasteiger partial charge in [0.1, 0.15) is 11.6 Å². The summed E-state index contributed by atoms with van der Waals surface area (Å²) in [5, 5.41) is 16.3. The summed E-state index contributed by atoms with van der Waals surface area (Å²) >= 11 is 0. The fourth-order valence-electron chi connectivity index (χ4n) is 6.21. The van der Waals surface area contributed by atoms with E-state index < -0.39 is 23.8 Å². The van der Waals surface area contributed by atoms with E-state index in [0.717, 1.165) is 11.1 Å². The van der Waals surface area contributed by atoms with Crippen LogP contribution in [0.2, 0.25) is 0 Å². The molecule has 4 aliphatic rings. The van der Waals surface area contributed by atoms with Gasteiger partial charge in [0.2, 0.25) is 5.91 Å². The lowest BCUT2D eigenvalue weighted by molar-refractivity contribution is -0.131. The first-order valence-electron chi connectivity index (χ1n) is 15.7. The number of hydrogen-bond donors (Lipinski definition) is 3. The van der Waals surface area contributed by atoms with Gasteiger partial charge in [-0.2, -0.15) is 10.2 Å². The van der Waals surface area contributed by atoms with Gasteiger partial charge < -0.3 is 19.7 Å². The van der Waals surface area contributed by atoms with Gasteiger partial charge >= 0.3 is 12.1 Å². The van der Waals surface area contributed by atoms with Crippen molar-refractivity contribution < 1.29 is 28.7 Å². The first kappa shape index (κ1) is 31.4. The molecule has 2 aromatic rings. The third-order valence-corrected chi connectivity index (χ3v) is 8.40. The van der Waals surface area contributed by atoms with E-state index in [0.29, 0.717) is 80.4 Å². The van der Waals surface area contributed by atoms with Crippen molar-refractivity contribution in [3.63, 3.8) is 0 Å². The summed E-state index contributed by atoms with van der Waals surface area (Å²) in [5.41, 5.74) is 6.55. The number of hydrazine groups is 1. The smallest absolute Gasteiger partial charge is 0.412 e. The lowest BCUT2D eigenvalue weighted by Gasteiger charge is -2.32. The van der Waals surface area contributed by atoms with Crippen molar-refractivity contribution in [3.05, 3.63) is 70.4 Å². The number of Topliss-reactive ketones (excluding diaryl/α,β-unsaturated/α-hetero) is 1. The average molecular weight is 630 g/mol. The Morgan fingerprint density at radius 2 is 1.70 bits per heavy atom. The zero-order chi connectivity index (χ0) is 32.4. The number of rotatable bonds is 6. The molecule has 4 amide bonds. The van der Waals surface area contributed by atoms with Crippen LogP contribution in [0.3, 0.4) is 0 Å². The Bertz CT molecular complexity index is 1580. The highest BCUT2D eigenvalue weighted by molar-refractivity contribution is 6.19. The second kappa shape index (κ2) is 13.0. The van der Waals surface area contributed by atoms with Crippen LogP contribution in [0.25, 0.3) is 0 Å². The predicted octanol–water partition coefficient (Wildman–Crippen LogP) is 4.84. The molecule has 1 aliphatic carbocycles. The highest BCUT2D eigenvalue weighted by Crippen LogP contribution is 2.49. The van der Waals surface area contributed by atoms with Crippen LogP contribution in [0.15, 0.2) is 64.0 Å². The van der Waals surface area contributed by atoms with Gasteiger partial charge in [0.05, 0.1) is 42.2 Å². The van der Waals surface area contributed by atoms with Crippen molar-refractivity contribution in [3.8, 4) is 0 Å². The molecule has 3 N–H and O–H groups in total. The number of nitrogens with zero attached hydrogens (tertiary/aromatic N) is 4. The lowest BCUT2D eigenvalue weighted by Crippen LogP contribution is -2.49. The number of hydrogen-bond acceptors (Lipinski definition) is 9. The van der Waals surface area contributed by atoms with Crippen LogP contribution in [0.4, 0.5) is 21.0 Å². The van der Waals surface area contributed by atoms with Crippen LogP contribution in [-0.2, 0) is 20.7 Å². The number of urea groups is 1. The van der Waals surface area contributed by atoms with Crippen LogP contribution < -0.4 is 16.1 Å². The maximum atomic E-state index is 13.8. The summed E-state index contributed by atoms with van der Waals surface area (Å²) in [5.74, 6) is -0.138. The van der Waals surface area contributed by atoms with Crippen LogP contribution in [0, 0.1) is 5.92 Å². The molecule has 0 bridgehead atoms. The van der Waals surface area contributed by atoms with Gasteiger partial charge in [0.15, 0.2) is 5.78 Å². The molecular formula is C33H39N7O6. The Labute approximate surface area is 267 Å². The maximum Gasteiger partial charge on any atom is 0.412 e. The van der Waals surface area contributed by atoms with Gasteiger partial charge in [0.25, 0.3) is 0 Å². The topological polar surface area (TPSA) is 154 Å². The zero-order valence-corrected chi connectivity index (χ0v) is 26.3. The molecule has 46 heavy (non-hydrogen) atoms. The Balaban J connectivity index is 1.05. The number of carbonyl (C=O) groups is 4. The monoisotopic (exact) mass is 629 g/mol. The number of fused-ring (bicyclic) bond motifs is 3. The molecule has 2 saturated heterocycles. The number of amides is 4. The Morgan fingerprint density at radius 1 is 0.978 bits per heavy atom. The number of ether oxygens (including phenoxy) is 2. The molecule has 3 heterocycles. The third-order valence-electron chi connectivity index (χ3n) is 8.40. The van der Waals surface area contributed by atoms with Gasteiger partial charge in [-0.25, -0.2) is 14.6 Å². The van der Waals surface area contributed by atoms with Crippen molar-refractivity contribution in [1.29, 1.82) is 0 Å². The first-order chi connectivity index (χ1) is 22.1. The normalized spacial score (nSPS) is 19.9. The second-order valence-electron chi connectivity index (χ2n) is 12.8. The minimum atomic E-state index is -0.592. The van der Waals surface area contributed by atoms with E-state index in [1.54, 1.807) is 44.0 Å². The molecule has 0 aromatic heterocycles. The minimum Gasteiger partial charge on any atom is -0.444 e. The van der Waals surface area contributed by atoms with Gasteiger partial charge in [-0.3, -0.25) is 20.3 Å². The number of anilines is 2. The zero-order valence-electron chi connectivity index (χ0n) is 26.3. The molecule has 13 heteroatoms. The number of benzene rings is 2. The van der Waals surface area contributed by atoms with Gasteiger partial charge in [-0.15, -0.1) is 0 Å². The summed E-state index contributed by atoms with van der Waals surface area (Å²) in [6, 6.07) is 11.6. The van der Waals surface area contributed by atoms with Crippen molar-refractivity contribution in [2.24, 2.45) is 16.1 Å². The molecule has 6 rings (SSSR count). The van der Waals surface area contributed by atoms with E-state index in [1.165, 1.54) is 0 Å². The molecular weight excluding hydrogens is 590 g/mol. The van der Waals surface area contributed by atoms with Crippen LogP contribution in [-0.4, -0.2) is 78.7 Å². The molecule has 1 atom stereocenters. The molecule has 242 valence electrons. The molecule has 0 spiro atoms. The fraction of sp³-hybridized carbons (Fsp3) is 0.455. The highest BCUT2D eigenvalue weighted by Gasteiger charge is 2.44.